The Hall–Kier alpha value is -2.63. The predicted octanol–water partition coefficient (Wildman–Crippen LogP) is 3.15. The molecule has 0 saturated carbocycles. The molecular weight excluding hydrogens is 292 g/mol. The summed E-state index contributed by atoms with van der Waals surface area (Å²) in [6.07, 6.45) is 3.13. The largest absolute Gasteiger partial charge is 0.491 e. The van der Waals surface area contributed by atoms with Gasteiger partial charge in [0.15, 0.2) is 0 Å². The zero-order valence-electron chi connectivity index (χ0n) is 13.8. The van der Waals surface area contributed by atoms with Crippen molar-refractivity contribution in [3.8, 4) is 5.75 Å². The molecule has 0 unspecified atom stereocenters. The Morgan fingerprint density at radius 3 is 2.26 bits per heavy atom. The topological polar surface area (TPSA) is 76.1 Å². The average molecular weight is 314 g/mol. The van der Waals surface area contributed by atoms with E-state index in [0.29, 0.717) is 11.5 Å². The summed E-state index contributed by atoms with van der Waals surface area (Å²) in [5.74, 6) is 1.16. The van der Waals surface area contributed by atoms with Crippen molar-refractivity contribution in [3.63, 3.8) is 0 Å². The zero-order valence-corrected chi connectivity index (χ0v) is 13.8. The molecule has 0 aliphatic rings. The highest BCUT2D eigenvalue weighted by Crippen LogP contribution is 2.19. The molecule has 0 radical (unpaired) electrons. The minimum atomic E-state index is -0.228. The molecule has 0 aliphatic carbocycles. The first-order chi connectivity index (χ1) is 10.9. The Kier molecular flexibility index (Phi) is 5.51. The number of amides is 1. The first-order valence-electron chi connectivity index (χ1n) is 7.60. The van der Waals surface area contributed by atoms with E-state index in [4.69, 9.17) is 4.74 Å². The number of carbonyl (C=O) groups excluding carboxylic acids is 1. The number of aromatic nitrogens is 2. The quantitative estimate of drug-likeness (QED) is 0.856. The standard InChI is InChI=1S/C17H22N4O2/c1-11(2)20-17(22)15-9-19-16(10-18-15)21-13-5-7-14(8-6-13)23-12(3)4/h5-12H,1-4H3,(H,19,21)(H,20,22). The van der Waals surface area contributed by atoms with E-state index in [1.165, 1.54) is 12.4 Å². The van der Waals surface area contributed by atoms with E-state index in [1.54, 1.807) is 0 Å². The van der Waals surface area contributed by atoms with Crippen molar-refractivity contribution in [1.82, 2.24) is 15.3 Å². The molecule has 0 bridgehead atoms. The number of ether oxygens (including phenoxy) is 1. The minimum Gasteiger partial charge on any atom is -0.491 e. The van der Waals surface area contributed by atoms with Crippen LogP contribution in [0.15, 0.2) is 36.7 Å². The van der Waals surface area contributed by atoms with Crippen LogP contribution in [0.25, 0.3) is 0 Å². The monoisotopic (exact) mass is 314 g/mol. The van der Waals surface area contributed by atoms with Crippen molar-refractivity contribution in [2.75, 3.05) is 5.32 Å². The van der Waals surface area contributed by atoms with Crippen molar-refractivity contribution >= 4 is 17.4 Å². The van der Waals surface area contributed by atoms with Gasteiger partial charge in [0, 0.05) is 11.7 Å². The Labute approximate surface area is 136 Å². The molecule has 6 nitrogen and oxygen atoms in total. The Morgan fingerprint density at radius 2 is 1.74 bits per heavy atom. The molecule has 0 atom stereocenters. The molecule has 0 saturated heterocycles. The highest BCUT2D eigenvalue weighted by molar-refractivity contribution is 5.92. The van der Waals surface area contributed by atoms with Gasteiger partial charge in [0.05, 0.1) is 18.5 Å². The Bertz CT molecular complexity index is 637. The molecule has 1 heterocycles. The van der Waals surface area contributed by atoms with Gasteiger partial charge in [0.2, 0.25) is 0 Å². The van der Waals surface area contributed by atoms with Gasteiger partial charge in [-0.25, -0.2) is 9.97 Å². The lowest BCUT2D eigenvalue weighted by Crippen LogP contribution is -2.30. The number of nitrogens with one attached hydrogen (secondary N) is 2. The maximum absolute atomic E-state index is 11.8. The second-order valence-electron chi connectivity index (χ2n) is 5.73. The first-order valence-corrected chi connectivity index (χ1v) is 7.60. The molecule has 2 N–H and O–H groups in total. The number of nitrogens with zero attached hydrogens (tertiary/aromatic N) is 2. The van der Waals surface area contributed by atoms with Crippen LogP contribution >= 0.6 is 0 Å². The molecule has 2 aromatic rings. The van der Waals surface area contributed by atoms with Crippen LogP contribution in [-0.2, 0) is 0 Å². The first kappa shape index (κ1) is 16.7. The van der Waals surface area contributed by atoms with Crippen LogP contribution in [0, 0.1) is 0 Å². The van der Waals surface area contributed by atoms with Crippen molar-refractivity contribution in [3.05, 3.63) is 42.4 Å². The summed E-state index contributed by atoms with van der Waals surface area (Å²) in [7, 11) is 0. The Balaban J connectivity index is 1.99. The number of benzene rings is 1. The van der Waals surface area contributed by atoms with Crippen LogP contribution in [0.1, 0.15) is 38.2 Å². The van der Waals surface area contributed by atoms with Crippen molar-refractivity contribution < 1.29 is 9.53 Å². The van der Waals surface area contributed by atoms with Crippen LogP contribution in [0.3, 0.4) is 0 Å². The van der Waals surface area contributed by atoms with E-state index in [-0.39, 0.29) is 18.1 Å². The van der Waals surface area contributed by atoms with E-state index < -0.39 is 0 Å². The summed E-state index contributed by atoms with van der Waals surface area (Å²) in [6.45, 7) is 7.76. The number of anilines is 2. The summed E-state index contributed by atoms with van der Waals surface area (Å²) in [5.41, 5.74) is 1.17. The highest BCUT2D eigenvalue weighted by Gasteiger charge is 2.09. The normalized spacial score (nSPS) is 10.7. The summed E-state index contributed by atoms with van der Waals surface area (Å²) < 4.78 is 5.59. The molecule has 1 amide bonds. The molecule has 6 heteroatoms. The second-order valence-corrected chi connectivity index (χ2v) is 5.73. The summed E-state index contributed by atoms with van der Waals surface area (Å²) in [4.78, 5) is 20.1. The van der Waals surface area contributed by atoms with Crippen LogP contribution < -0.4 is 15.4 Å². The molecule has 1 aromatic carbocycles. The fourth-order valence-corrected chi connectivity index (χ4v) is 1.88. The van der Waals surface area contributed by atoms with E-state index in [2.05, 4.69) is 20.6 Å². The molecule has 2 rings (SSSR count). The second kappa shape index (κ2) is 7.58. The van der Waals surface area contributed by atoms with Crippen LogP contribution in [0.2, 0.25) is 0 Å². The van der Waals surface area contributed by atoms with Crippen LogP contribution in [0.5, 0.6) is 5.75 Å². The lowest BCUT2D eigenvalue weighted by atomic mass is 10.3. The number of hydrogen-bond donors (Lipinski definition) is 2. The van der Waals surface area contributed by atoms with Crippen LogP contribution in [0.4, 0.5) is 11.5 Å². The molecule has 1 aromatic heterocycles. The van der Waals surface area contributed by atoms with Gasteiger partial charge in [0.1, 0.15) is 17.3 Å². The van der Waals surface area contributed by atoms with Gasteiger partial charge >= 0.3 is 0 Å². The maximum Gasteiger partial charge on any atom is 0.271 e. The van der Waals surface area contributed by atoms with Gasteiger partial charge < -0.3 is 15.4 Å². The van der Waals surface area contributed by atoms with Crippen molar-refractivity contribution in [2.45, 2.75) is 39.8 Å². The van der Waals surface area contributed by atoms with E-state index in [9.17, 15) is 4.79 Å². The third-order valence-corrected chi connectivity index (χ3v) is 2.80. The average Bonchev–Trinajstić information content (AvgIpc) is 2.49. The lowest BCUT2D eigenvalue weighted by Gasteiger charge is -2.11. The lowest BCUT2D eigenvalue weighted by molar-refractivity contribution is 0.0937. The Morgan fingerprint density at radius 1 is 1.04 bits per heavy atom. The molecular formula is C17H22N4O2. The van der Waals surface area contributed by atoms with E-state index in [0.717, 1.165) is 11.4 Å². The van der Waals surface area contributed by atoms with Gasteiger partial charge in [-0.1, -0.05) is 0 Å². The number of rotatable bonds is 6. The summed E-state index contributed by atoms with van der Waals surface area (Å²) >= 11 is 0. The molecule has 0 fully saturated rings. The molecule has 0 spiro atoms. The molecule has 23 heavy (non-hydrogen) atoms. The molecule has 122 valence electrons. The van der Waals surface area contributed by atoms with E-state index in [1.807, 2.05) is 52.0 Å². The SMILES string of the molecule is CC(C)NC(=O)c1cnc(Nc2ccc(OC(C)C)cc2)cn1. The zero-order chi connectivity index (χ0) is 16.8. The summed E-state index contributed by atoms with van der Waals surface area (Å²) in [6, 6.07) is 7.64. The third kappa shape index (κ3) is 5.25. The molecule has 0 aliphatic heterocycles. The van der Waals surface area contributed by atoms with Gasteiger partial charge in [-0.05, 0) is 52.0 Å². The van der Waals surface area contributed by atoms with Gasteiger partial charge in [-0.3, -0.25) is 4.79 Å². The minimum absolute atomic E-state index is 0.0636. The number of carbonyl (C=O) groups is 1. The van der Waals surface area contributed by atoms with Crippen molar-refractivity contribution in [2.24, 2.45) is 0 Å². The summed E-state index contributed by atoms with van der Waals surface area (Å²) in [5, 5.41) is 5.90. The smallest absolute Gasteiger partial charge is 0.271 e. The third-order valence-electron chi connectivity index (χ3n) is 2.80. The highest BCUT2D eigenvalue weighted by atomic mass is 16.5. The van der Waals surface area contributed by atoms with Crippen molar-refractivity contribution in [1.29, 1.82) is 0 Å². The predicted molar refractivity (Wildman–Crippen MR) is 90.1 cm³/mol. The van der Waals surface area contributed by atoms with E-state index >= 15 is 0 Å². The van der Waals surface area contributed by atoms with Gasteiger partial charge in [-0.15, -0.1) is 0 Å². The fourth-order valence-electron chi connectivity index (χ4n) is 1.88. The number of hydrogen-bond acceptors (Lipinski definition) is 5. The fraction of sp³-hybridized carbons (Fsp3) is 0.353. The van der Waals surface area contributed by atoms with Gasteiger partial charge in [0.25, 0.3) is 5.91 Å². The van der Waals surface area contributed by atoms with Crippen LogP contribution in [-0.4, -0.2) is 28.0 Å². The maximum atomic E-state index is 11.8. The van der Waals surface area contributed by atoms with Gasteiger partial charge in [-0.2, -0.15) is 0 Å².